The van der Waals surface area contributed by atoms with Crippen LogP contribution in [0.5, 0.6) is 11.5 Å². The van der Waals surface area contributed by atoms with E-state index >= 15 is 0 Å². The van der Waals surface area contributed by atoms with Gasteiger partial charge in [0.25, 0.3) is 5.91 Å². The molecule has 1 aliphatic rings. The maximum atomic E-state index is 12.6. The minimum Gasteiger partial charge on any atom is -0.507 e. The van der Waals surface area contributed by atoms with Crippen LogP contribution in [0.25, 0.3) is 0 Å². The van der Waals surface area contributed by atoms with Gasteiger partial charge in [0.1, 0.15) is 17.1 Å². The van der Waals surface area contributed by atoms with E-state index in [1.165, 1.54) is 6.07 Å². The first-order valence-corrected chi connectivity index (χ1v) is 7.94. The van der Waals surface area contributed by atoms with Crippen molar-refractivity contribution in [1.82, 2.24) is 5.32 Å². The van der Waals surface area contributed by atoms with Crippen LogP contribution in [0.2, 0.25) is 0 Å². The van der Waals surface area contributed by atoms with Gasteiger partial charge in [0.05, 0.1) is 11.6 Å². The lowest BCUT2D eigenvalue weighted by Gasteiger charge is -2.38. The van der Waals surface area contributed by atoms with E-state index in [-0.39, 0.29) is 35.7 Å². The van der Waals surface area contributed by atoms with E-state index in [9.17, 15) is 9.90 Å². The van der Waals surface area contributed by atoms with Crippen molar-refractivity contribution in [2.45, 2.75) is 38.8 Å². The number of amides is 1. The second kappa shape index (κ2) is 6.84. The Bertz CT molecular complexity index is 805. The highest BCUT2D eigenvalue weighted by Gasteiger charge is 2.35. The van der Waals surface area contributed by atoms with Gasteiger partial charge in [0, 0.05) is 17.7 Å². The van der Waals surface area contributed by atoms with Crippen LogP contribution < -0.4 is 15.8 Å². The van der Waals surface area contributed by atoms with Gasteiger partial charge in [-0.1, -0.05) is 11.6 Å². The molecule has 4 N–H and O–H groups in total. The molecule has 0 spiro atoms. The number of hydrogen-bond acceptors (Lipinski definition) is 4. The van der Waals surface area contributed by atoms with Crippen LogP contribution in [0.15, 0.2) is 36.4 Å². The Balaban J connectivity index is 0.00000225. The maximum Gasteiger partial charge on any atom is 0.255 e. The zero-order valence-corrected chi connectivity index (χ0v) is 15.3. The molecule has 0 radical (unpaired) electrons. The molecule has 3 rings (SSSR count). The predicted octanol–water partition coefficient (Wildman–Crippen LogP) is 3.74. The number of fused-ring (bicyclic) bond motifs is 1. The van der Waals surface area contributed by atoms with Gasteiger partial charge < -0.3 is 20.9 Å². The van der Waals surface area contributed by atoms with E-state index in [0.717, 1.165) is 16.9 Å². The second-order valence-electron chi connectivity index (χ2n) is 6.91. The number of aromatic hydroxyl groups is 1. The standard InChI is InChI=1S/C19H22N2O3.ClH/c1-11-4-6-16(22)14(8-11)18(23)21-15-10-19(2,3)24-17-7-5-12(20)9-13(15)17;/h4-9,15,22H,10,20H2,1-3H3,(H,21,23);1H. The molecule has 0 saturated heterocycles. The molecule has 1 heterocycles. The maximum absolute atomic E-state index is 12.6. The molecule has 134 valence electrons. The Morgan fingerprint density at radius 3 is 2.72 bits per heavy atom. The fourth-order valence-corrected chi connectivity index (χ4v) is 3.07. The highest BCUT2D eigenvalue weighted by atomic mass is 35.5. The summed E-state index contributed by atoms with van der Waals surface area (Å²) in [6.07, 6.45) is 0.613. The summed E-state index contributed by atoms with van der Waals surface area (Å²) in [7, 11) is 0. The molecule has 1 atom stereocenters. The third-order valence-corrected chi connectivity index (χ3v) is 4.19. The van der Waals surface area contributed by atoms with Crippen LogP contribution in [0, 0.1) is 6.92 Å². The number of nitrogens with two attached hydrogens (primary N) is 1. The summed E-state index contributed by atoms with van der Waals surface area (Å²) in [6, 6.07) is 10.2. The molecule has 25 heavy (non-hydrogen) atoms. The molecule has 1 amide bonds. The summed E-state index contributed by atoms with van der Waals surface area (Å²) in [5.41, 5.74) is 8.14. The average Bonchev–Trinajstić information content (AvgIpc) is 2.49. The highest BCUT2D eigenvalue weighted by Crippen LogP contribution is 2.40. The van der Waals surface area contributed by atoms with Gasteiger partial charge in [-0.15, -0.1) is 12.4 Å². The van der Waals surface area contributed by atoms with E-state index in [1.54, 1.807) is 18.2 Å². The Morgan fingerprint density at radius 2 is 2.00 bits per heavy atom. The monoisotopic (exact) mass is 362 g/mol. The molecule has 2 aromatic rings. The van der Waals surface area contributed by atoms with Crippen molar-refractivity contribution in [2.75, 3.05) is 5.73 Å². The smallest absolute Gasteiger partial charge is 0.255 e. The number of ether oxygens (including phenoxy) is 1. The van der Waals surface area contributed by atoms with Crippen LogP contribution in [0.3, 0.4) is 0 Å². The van der Waals surface area contributed by atoms with Crippen molar-refractivity contribution in [2.24, 2.45) is 0 Å². The first-order chi connectivity index (χ1) is 11.2. The van der Waals surface area contributed by atoms with Crippen LogP contribution in [0.4, 0.5) is 5.69 Å². The molecule has 0 fully saturated rings. The number of hydrogen-bond donors (Lipinski definition) is 3. The van der Waals surface area contributed by atoms with Gasteiger partial charge in [0.15, 0.2) is 0 Å². The summed E-state index contributed by atoms with van der Waals surface area (Å²) >= 11 is 0. The lowest BCUT2D eigenvalue weighted by atomic mass is 9.89. The Hall–Kier alpha value is -2.40. The number of benzene rings is 2. The largest absolute Gasteiger partial charge is 0.507 e. The van der Waals surface area contributed by atoms with Crippen molar-refractivity contribution in [3.05, 3.63) is 53.1 Å². The highest BCUT2D eigenvalue weighted by molar-refractivity contribution is 5.97. The third-order valence-electron chi connectivity index (χ3n) is 4.19. The molecule has 0 saturated carbocycles. The topological polar surface area (TPSA) is 84.6 Å². The van der Waals surface area contributed by atoms with Crippen molar-refractivity contribution in [3.8, 4) is 11.5 Å². The number of nitrogens with one attached hydrogen (secondary N) is 1. The summed E-state index contributed by atoms with van der Waals surface area (Å²) < 4.78 is 5.98. The first kappa shape index (κ1) is 18.9. The van der Waals surface area contributed by atoms with E-state index in [2.05, 4.69) is 5.32 Å². The molecule has 0 aromatic heterocycles. The van der Waals surface area contributed by atoms with Crippen molar-refractivity contribution >= 4 is 24.0 Å². The Kier molecular flexibility index (Phi) is 5.18. The van der Waals surface area contributed by atoms with Crippen LogP contribution >= 0.6 is 12.4 Å². The molecule has 5 nitrogen and oxygen atoms in total. The molecular formula is C19H23ClN2O3. The minimum absolute atomic E-state index is 0. The quantitative estimate of drug-likeness (QED) is 0.710. The van der Waals surface area contributed by atoms with Gasteiger partial charge in [-0.05, 0) is 51.1 Å². The SMILES string of the molecule is Cc1ccc(O)c(C(=O)NC2CC(C)(C)Oc3ccc(N)cc32)c1.Cl. The van der Waals surface area contributed by atoms with Gasteiger partial charge in [-0.3, -0.25) is 4.79 Å². The van der Waals surface area contributed by atoms with Crippen LogP contribution in [0.1, 0.15) is 47.8 Å². The van der Waals surface area contributed by atoms with Crippen molar-refractivity contribution < 1.29 is 14.6 Å². The molecular weight excluding hydrogens is 340 g/mol. The van der Waals surface area contributed by atoms with Gasteiger partial charge in [-0.25, -0.2) is 0 Å². The molecule has 0 bridgehead atoms. The third kappa shape index (κ3) is 3.99. The van der Waals surface area contributed by atoms with Gasteiger partial charge in [-0.2, -0.15) is 0 Å². The summed E-state index contributed by atoms with van der Waals surface area (Å²) in [4.78, 5) is 12.6. The number of anilines is 1. The number of rotatable bonds is 2. The number of phenolic OH excluding ortho intramolecular Hbond substituents is 1. The second-order valence-corrected chi connectivity index (χ2v) is 6.91. The fraction of sp³-hybridized carbons (Fsp3) is 0.316. The Morgan fingerprint density at radius 1 is 1.28 bits per heavy atom. The number of carbonyl (C=O) groups excluding carboxylic acids is 1. The van der Waals surface area contributed by atoms with E-state index in [1.807, 2.05) is 32.9 Å². The van der Waals surface area contributed by atoms with Crippen molar-refractivity contribution in [3.63, 3.8) is 0 Å². The molecule has 1 unspecified atom stereocenters. The molecule has 0 aliphatic carbocycles. The van der Waals surface area contributed by atoms with E-state index in [4.69, 9.17) is 10.5 Å². The summed E-state index contributed by atoms with van der Waals surface area (Å²) in [5, 5.41) is 13.0. The number of carbonyl (C=O) groups is 1. The normalized spacial score (nSPS) is 17.6. The molecule has 1 aliphatic heterocycles. The van der Waals surface area contributed by atoms with E-state index < -0.39 is 5.60 Å². The fourth-order valence-electron chi connectivity index (χ4n) is 3.07. The zero-order chi connectivity index (χ0) is 17.5. The molecule has 2 aromatic carbocycles. The number of phenols is 1. The zero-order valence-electron chi connectivity index (χ0n) is 14.5. The minimum atomic E-state index is -0.407. The molecule has 6 heteroatoms. The van der Waals surface area contributed by atoms with Crippen molar-refractivity contribution in [1.29, 1.82) is 0 Å². The van der Waals surface area contributed by atoms with E-state index in [0.29, 0.717) is 12.1 Å². The number of halogens is 1. The summed E-state index contributed by atoms with van der Waals surface area (Å²) in [6.45, 7) is 5.84. The Labute approximate surface area is 153 Å². The lowest BCUT2D eigenvalue weighted by Crippen LogP contribution is -2.41. The first-order valence-electron chi connectivity index (χ1n) is 7.94. The van der Waals surface area contributed by atoms with Crippen LogP contribution in [-0.2, 0) is 0 Å². The summed E-state index contributed by atoms with van der Waals surface area (Å²) in [5.74, 6) is 0.378. The average molecular weight is 363 g/mol. The number of nitrogen functional groups attached to an aromatic ring is 1. The lowest BCUT2D eigenvalue weighted by molar-refractivity contribution is 0.0619. The van der Waals surface area contributed by atoms with Gasteiger partial charge >= 0.3 is 0 Å². The predicted molar refractivity (Wildman–Crippen MR) is 100 cm³/mol. The van der Waals surface area contributed by atoms with Crippen LogP contribution in [-0.4, -0.2) is 16.6 Å². The number of aryl methyl sites for hydroxylation is 1. The van der Waals surface area contributed by atoms with Gasteiger partial charge in [0.2, 0.25) is 0 Å².